The number of rotatable bonds is 8. The summed E-state index contributed by atoms with van der Waals surface area (Å²) in [5.74, 6) is -0.625. The van der Waals surface area contributed by atoms with Crippen molar-refractivity contribution in [3.63, 3.8) is 0 Å². The van der Waals surface area contributed by atoms with Gasteiger partial charge in [-0.1, -0.05) is 6.92 Å². The van der Waals surface area contributed by atoms with Gasteiger partial charge in [0.25, 0.3) is 0 Å². The van der Waals surface area contributed by atoms with Crippen molar-refractivity contribution in [2.45, 2.75) is 38.7 Å². The van der Waals surface area contributed by atoms with Crippen LogP contribution in [0.3, 0.4) is 0 Å². The first-order valence-corrected chi connectivity index (χ1v) is 6.48. The van der Waals surface area contributed by atoms with Crippen LogP contribution in [0, 0.1) is 5.92 Å². The summed E-state index contributed by atoms with van der Waals surface area (Å²) in [6.07, 6.45) is 1.90. The van der Waals surface area contributed by atoms with E-state index in [2.05, 4.69) is 5.32 Å². The van der Waals surface area contributed by atoms with E-state index in [9.17, 15) is 9.59 Å². The van der Waals surface area contributed by atoms with Crippen molar-refractivity contribution in [2.24, 2.45) is 5.92 Å². The topological polar surface area (TPSA) is 89.9 Å². The van der Waals surface area contributed by atoms with Gasteiger partial charge in [-0.25, -0.2) is 9.59 Å². The van der Waals surface area contributed by atoms with Gasteiger partial charge in [0.05, 0.1) is 0 Å². The largest absolute Gasteiger partial charge is 0.479 e. The van der Waals surface area contributed by atoms with Crippen LogP contribution in [-0.4, -0.2) is 52.9 Å². The number of urea groups is 1. The van der Waals surface area contributed by atoms with E-state index in [4.69, 9.17) is 10.2 Å². The van der Waals surface area contributed by atoms with Crippen LogP contribution >= 0.6 is 0 Å². The number of amides is 2. The van der Waals surface area contributed by atoms with Crippen molar-refractivity contribution in [2.75, 3.05) is 19.6 Å². The number of aliphatic hydroxyl groups excluding tert-OH is 1. The smallest absolute Gasteiger partial charge is 0.332 e. The lowest BCUT2D eigenvalue weighted by Gasteiger charge is -2.22. The van der Waals surface area contributed by atoms with Gasteiger partial charge >= 0.3 is 12.0 Å². The lowest BCUT2D eigenvalue weighted by atomic mass is 10.2. The molecule has 6 heteroatoms. The van der Waals surface area contributed by atoms with Crippen molar-refractivity contribution in [3.8, 4) is 0 Å². The molecule has 0 aromatic carbocycles. The molecule has 104 valence electrons. The average Bonchev–Trinajstić information content (AvgIpc) is 3.12. The Balaban J connectivity index is 2.24. The van der Waals surface area contributed by atoms with Gasteiger partial charge in [-0.2, -0.15) is 0 Å². The van der Waals surface area contributed by atoms with Gasteiger partial charge in [0.1, 0.15) is 0 Å². The second-order valence-corrected chi connectivity index (χ2v) is 4.76. The minimum Gasteiger partial charge on any atom is -0.479 e. The van der Waals surface area contributed by atoms with Gasteiger partial charge in [-0.3, -0.25) is 0 Å². The SMILES string of the molecule is CCCN(CC1CC1)C(=O)NCC[C@H](O)C(=O)O. The Labute approximate surface area is 107 Å². The molecular weight excluding hydrogens is 236 g/mol. The van der Waals surface area contributed by atoms with Crippen molar-refractivity contribution < 1.29 is 19.8 Å². The van der Waals surface area contributed by atoms with Crippen LogP contribution in [0.1, 0.15) is 32.6 Å². The predicted molar refractivity (Wildman–Crippen MR) is 66.2 cm³/mol. The second-order valence-electron chi connectivity index (χ2n) is 4.76. The van der Waals surface area contributed by atoms with Crippen LogP contribution in [0.15, 0.2) is 0 Å². The van der Waals surface area contributed by atoms with E-state index < -0.39 is 12.1 Å². The fraction of sp³-hybridized carbons (Fsp3) is 0.833. The molecule has 18 heavy (non-hydrogen) atoms. The number of aliphatic hydroxyl groups is 1. The van der Waals surface area contributed by atoms with E-state index in [1.807, 2.05) is 6.92 Å². The van der Waals surface area contributed by atoms with Crippen molar-refractivity contribution in [3.05, 3.63) is 0 Å². The van der Waals surface area contributed by atoms with E-state index in [-0.39, 0.29) is 19.0 Å². The molecule has 0 aromatic heterocycles. The minimum atomic E-state index is -1.41. The molecule has 1 atom stereocenters. The molecule has 1 fully saturated rings. The van der Waals surface area contributed by atoms with Crippen LogP contribution in [0.4, 0.5) is 4.79 Å². The first-order valence-electron chi connectivity index (χ1n) is 6.48. The van der Waals surface area contributed by atoms with Crippen LogP contribution in [0.2, 0.25) is 0 Å². The first-order chi connectivity index (χ1) is 8.54. The number of hydrogen-bond acceptors (Lipinski definition) is 3. The van der Waals surface area contributed by atoms with Crippen molar-refractivity contribution in [1.82, 2.24) is 10.2 Å². The van der Waals surface area contributed by atoms with Crippen molar-refractivity contribution in [1.29, 1.82) is 0 Å². The summed E-state index contributed by atoms with van der Waals surface area (Å²) in [6, 6.07) is -0.165. The fourth-order valence-electron chi connectivity index (χ4n) is 1.71. The Morgan fingerprint density at radius 2 is 2.11 bits per heavy atom. The van der Waals surface area contributed by atoms with E-state index in [1.54, 1.807) is 4.90 Å². The van der Waals surface area contributed by atoms with Crippen LogP contribution < -0.4 is 5.32 Å². The lowest BCUT2D eigenvalue weighted by molar-refractivity contribution is -0.146. The number of hydrogen-bond donors (Lipinski definition) is 3. The van der Waals surface area contributed by atoms with Crippen LogP contribution in [0.5, 0.6) is 0 Å². The number of carboxylic acids is 1. The van der Waals surface area contributed by atoms with Gasteiger partial charge in [0, 0.05) is 26.1 Å². The molecule has 0 saturated heterocycles. The number of nitrogens with one attached hydrogen (secondary N) is 1. The Morgan fingerprint density at radius 3 is 2.61 bits per heavy atom. The molecule has 0 radical (unpaired) electrons. The molecule has 0 unspecified atom stereocenters. The summed E-state index contributed by atoms with van der Waals surface area (Å²) in [5, 5.41) is 20.2. The highest BCUT2D eigenvalue weighted by Crippen LogP contribution is 2.29. The highest BCUT2D eigenvalue weighted by molar-refractivity contribution is 5.74. The molecule has 2 amide bonds. The fourth-order valence-corrected chi connectivity index (χ4v) is 1.71. The predicted octanol–water partition coefficient (Wildman–Crippen LogP) is 0.654. The number of carbonyl (C=O) groups excluding carboxylic acids is 1. The standard InChI is InChI=1S/C12H22N2O4/c1-2-7-14(8-9-3-4-9)12(18)13-6-5-10(15)11(16)17/h9-10,15H,2-8H2,1H3,(H,13,18)(H,16,17)/t10-/m0/s1. The maximum atomic E-state index is 11.8. The molecule has 6 nitrogen and oxygen atoms in total. The normalized spacial score (nSPS) is 16.1. The summed E-state index contributed by atoms with van der Waals surface area (Å²) < 4.78 is 0. The van der Waals surface area contributed by atoms with Crippen LogP contribution in [-0.2, 0) is 4.79 Å². The maximum Gasteiger partial charge on any atom is 0.332 e. The van der Waals surface area contributed by atoms with Crippen molar-refractivity contribution >= 4 is 12.0 Å². The zero-order valence-corrected chi connectivity index (χ0v) is 10.8. The summed E-state index contributed by atoms with van der Waals surface area (Å²) in [6.45, 7) is 3.68. The summed E-state index contributed by atoms with van der Waals surface area (Å²) in [4.78, 5) is 24.0. The molecule has 3 N–H and O–H groups in total. The number of carboxylic acid groups (broad SMARTS) is 1. The molecule has 0 bridgehead atoms. The molecule has 1 rings (SSSR count). The molecule has 0 aromatic rings. The minimum absolute atomic E-state index is 0.0322. The number of carbonyl (C=O) groups is 2. The third-order valence-corrected chi connectivity index (χ3v) is 2.94. The molecule has 1 aliphatic carbocycles. The van der Waals surface area contributed by atoms with Gasteiger partial charge in [-0.05, 0) is 25.2 Å². The Hall–Kier alpha value is -1.30. The lowest BCUT2D eigenvalue weighted by Crippen LogP contribution is -2.42. The second kappa shape index (κ2) is 7.20. The molecule has 0 aliphatic heterocycles. The van der Waals surface area contributed by atoms with E-state index in [0.717, 1.165) is 13.0 Å². The van der Waals surface area contributed by atoms with E-state index in [0.29, 0.717) is 12.5 Å². The van der Waals surface area contributed by atoms with Gasteiger partial charge in [0.2, 0.25) is 0 Å². The zero-order chi connectivity index (χ0) is 13.5. The monoisotopic (exact) mass is 258 g/mol. The maximum absolute atomic E-state index is 11.8. The zero-order valence-electron chi connectivity index (χ0n) is 10.8. The molecule has 0 spiro atoms. The Morgan fingerprint density at radius 1 is 1.44 bits per heavy atom. The number of nitrogens with zero attached hydrogens (tertiary/aromatic N) is 1. The van der Waals surface area contributed by atoms with E-state index >= 15 is 0 Å². The molecule has 1 aliphatic rings. The van der Waals surface area contributed by atoms with Gasteiger partial charge < -0.3 is 20.4 Å². The molecule has 1 saturated carbocycles. The third-order valence-electron chi connectivity index (χ3n) is 2.94. The van der Waals surface area contributed by atoms with Gasteiger partial charge in [0.15, 0.2) is 6.10 Å². The van der Waals surface area contributed by atoms with E-state index in [1.165, 1.54) is 12.8 Å². The third kappa shape index (κ3) is 5.35. The summed E-state index contributed by atoms with van der Waals surface area (Å²) in [5.41, 5.74) is 0. The highest BCUT2D eigenvalue weighted by atomic mass is 16.4. The quantitative estimate of drug-likeness (QED) is 0.596. The van der Waals surface area contributed by atoms with Crippen LogP contribution in [0.25, 0.3) is 0 Å². The summed E-state index contributed by atoms with van der Waals surface area (Å²) in [7, 11) is 0. The molecular formula is C12H22N2O4. The van der Waals surface area contributed by atoms with Gasteiger partial charge in [-0.15, -0.1) is 0 Å². The average molecular weight is 258 g/mol. The Kier molecular flexibility index (Phi) is 5.91. The first kappa shape index (κ1) is 14.8. The summed E-state index contributed by atoms with van der Waals surface area (Å²) >= 11 is 0. The highest BCUT2D eigenvalue weighted by Gasteiger charge is 2.26. The molecule has 0 heterocycles. The number of aliphatic carboxylic acids is 1. The Bertz CT molecular complexity index is 292.